The highest BCUT2D eigenvalue weighted by molar-refractivity contribution is 6.31. The van der Waals surface area contributed by atoms with Crippen LogP contribution in [0.1, 0.15) is 18.0 Å². The highest BCUT2D eigenvalue weighted by Crippen LogP contribution is 2.33. The monoisotopic (exact) mass is 251 g/mol. The van der Waals surface area contributed by atoms with Crippen molar-refractivity contribution in [2.45, 2.75) is 12.5 Å². The molecule has 5 heteroatoms. The second-order valence-corrected chi connectivity index (χ2v) is 3.33. The Morgan fingerprint density at radius 1 is 1.60 bits per heavy atom. The van der Waals surface area contributed by atoms with Crippen molar-refractivity contribution in [3.05, 3.63) is 41.2 Å². The maximum atomic E-state index is 13.0. The average molecular weight is 252 g/mol. The molecule has 0 spiro atoms. The van der Waals surface area contributed by atoms with Crippen LogP contribution < -0.4 is 5.73 Å². The van der Waals surface area contributed by atoms with Crippen LogP contribution in [0.4, 0.5) is 4.39 Å². The van der Waals surface area contributed by atoms with E-state index < -0.39 is 17.6 Å². The topological polar surface area (TPSA) is 46.2 Å². The first kappa shape index (κ1) is 14.2. The summed E-state index contributed by atoms with van der Waals surface area (Å²) in [5.74, 6) is -1.20. The summed E-state index contributed by atoms with van der Waals surface area (Å²) < 4.78 is 13.0. The standard InChI is InChI=1S/C10H11ClFNO.ClH/c1-2-3-8(13)9-6(11)4-5-7(12)10(9)14;/h2,4-5,8,14H,1,3,13H2;1H/t8-;/m0./s1. The van der Waals surface area contributed by atoms with Crippen LogP contribution >= 0.6 is 24.0 Å². The predicted octanol–water partition coefficient (Wildman–Crippen LogP) is 3.18. The molecule has 0 aromatic heterocycles. The van der Waals surface area contributed by atoms with E-state index in [0.29, 0.717) is 6.42 Å². The Balaban J connectivity index is 0.00000196. The molecule has 1 aromatic rings. The predicted molar refractivity (Wildman–Crippen MR) is 62.1 cm³/mol. The molecule has 0 amide bonds. The molecule has 0 saturated heterocycles. The molecule has 1 rings (SSSR count). The number of halogens is 3. The number of hydrogen-bond donors (Lipinski definition) is 2. The molecule has 84 valence electrons. The van der Waals surface area contributed by atoms with Crippen LogP contribution in [0.3, 0.4) is 0 Å². The number of benzene rings is 1. The summed E-state index contributed by atoms with van der Waals surface area (Å²) in [5, 5.41) is 9.66. The Morgan fingerprint density at radius 3 is 2.73 bits per heavy atom. The molecule has 0 aliphatic rings. The van der Waals surface area contributed by atoms with Gasteiger partial charge in [0, 0.05) is 16.6 Å². The van der Waals surface area contributed by atoms with Crippen molar-refractivity contribution in [2.24, 2.45) is 5.73 Å². The van der Waals surface area contributed by atoms with Gasteiger partial charge in [0.05, 0.1) is 0 Å². The van der Waals surface area contributed by atoms with Crippen LogP contribution in [-0.4, -0.2) is 5.11 Å². The molecule has 2 nitrogen and oxygen atoms in total. The smallest absolute Gasteiger partial charge is 0.165 e. The molecular weight excluding hydrogens is 240 g/mol. The van der Waals surface area contributed by atoms with Crippen molar-refractivity contribution in [3.8, 4) is 5.75 Å². The van der Waals surface area contributed by atoms with Gasteiger partial charge in [0.1, 0.15) is 0 Å². The molecule has 1 atom stereocenters. The minimum absolute atomic E-state index is 0. The van der Waals surface area contributed by atoms with Crippen molar-refractivity contribution in [1.29, 1.82) is 0 Å². The zero-order valence-electron chi connectivity index (χ0n) is 7.91. The van der Waals surface area contributed by atoms with E-state index in [1.807, 2.05) is 0 Å². The first-order valence-corrected chi connectivity index (χ1v) is 4.49. The van der Waals surface area contributed by atoms with E-state index in [-0.39, 0.29) is 23.0 Å². The molecule has 0 unspecified atom stereocenters. The van der Waals surface area contributed by atoms with Crippen LogP contribution in [0.2, 0.25) is 5.02 Å². The third-order valence-electron chi connectivity index (χ3n) is 1.91. The lowest BCUT2D eigenvalue weighted by Gasteiger charge is -2.13. The normalized spacial score (nSPS) is 11.7. The maximum absolute atomic E-state index is 13.0. The molecule has 0 bridgehead atoms. The Labute approximate surface area is 99.0 Å². The van der Waals surface area contributed by atoms with Gasteiger partial charge in [-0.25, -0.2) is 4.39 Å². The lowest BCUT2D eigenvalue weighted by atomic mass is 10.0. The fraction of sp³-hybridized carbons (Fsp3) is 0.200. The van der Waals surface area contributed by atoms with Gasteiger partial charge in [-0.05, 0) is 18.6 Å². The fourth-order valence-corrected chi connectivity index (χ4v) is 1.50. The number of rotatable bonds is 3. The summed E-state index contributed by atoms with van der Waals surface area (Å²) in [5.41, 5.74) is 5.92. The Kier molecular flexibility index (Phi) is 5.65. The van der Waals surface area contributed by atoms with Gasteiger partial charge in [-0.2, -0.15) is 0 Å². The summed E-state index contributed by atoms with van der Waals surface area (Å²) in [7, 11) is 0. The SMILES string of the molecule is C=CC[C@H](N)c1c(Cl)ccc(F)c1O.Cl. The Morgan fingerprint density at radius 2 is 2.20 bits per heavy atom. The number of phenolic OH excluding ortho intramolecular Hbond substituents is 1. The van der Waals surface area contributed by atoms with Gasteiger partial charge in [0.15, 0.2) is 11.6 Å². The summed E-state index contributed by atoms with van der Waals surface area (Å²) >= 11 is 5.79. The van der Waals surface area contributed by atoms with Crippen molar-refractivity contribution in [1.82, 2.24) is 0 Å². The van der Waals surface area contributed by atoms with Gasteiger partial charge in [-0.15, -0.1) is 19.0 Å². The summed E-state index contributed by atoms with van der Waals surface area (Å²) in [6.07, 6.45) is 2.02. The minimum atomic E-state index is -0.719. The van der Waals surface area contributed by atoms with E-state index >= 15 is 0 Å². The number of aromatic hydroxyl groups is 1. The van der Waals surface area contributed by atoms with Gasteiger partial charge in [-0.3, -0.25) is 0 Å². The molecule has 0 aliphatic heterocycles. The lowest BCUT2D eigenvalue weighted by Crippen LogP contribution is -2.10. The van der Waals surface area contributed by atoms with Gasteiger partial charge >= 0.3 is 0 Å². The second kappa shape index (κ2) is 5.95. The van der Waals surface area contributed by atoms with Crippen molar-refractivity contribution >= 4 is 24.0 Å². The maximum Gasteiger partial charge on any atom is 0.165 e. The number of phenols is 1. The molecule has 0 heterocycles. The molecule has 0 radical (unpaired) electrons. The van der Waals surface area contributed by atoms with Gasteiger partial charge < -0.3 is 10.8 Å². The van der Waals surface area contributed by atoms with Crippen molar-refractivity contribution in [2.75, 3.05) is 0 Å². The summed E-state index contributed by atoms with van der Waals surface area (Å²) in [4.78, 5) is 0. The summed E-state index contributed by atoms with van der Waals surface area (Å²) in [6.45, 7) is 3.51. The highest BCUT2D eigenvalue weighted by atomic mass is 35.5. The van der Waals surface area contributed by atoms with Crippen LogP contribution in [0.25, 0.3) is 0 Å². The lowest BCUT2D eigenvalue weighted by molar-refractivity contribution is 0.421. The van der Waals surface area contributed by atoms with Crippen molar-refractivity contribution < 1.29 is 9.50 Å². The second-order valence-electron chi connectivity index (χ2n) is 2.92. The molecule has 3 N–H and O–H groups in total. The third kappa shape index (κ3) is 3.09. The van der Waals surface area contributed by atoms with Gasteiger partial charge in [0.25, 0.3) is 0 Å². The van der Waals surface area contributed by atoms with Crippen molar-refractivity contribution in [3.63, 3.8) is 0 Å². The molecule has 1 aromatic carbocycles. The third-order valence-corrected chi connectivity index (χ3v) is 2.24. The van der Waals surface area contributed by atoms with E-state index in [1.165, 1.54) is 6.07 Å². The number of hydrogen-bond acceptors (Lipinski definition) is 2. The Bertz CT molecular complexity index is 358. The van der Waals surface area contributed by atoms with Crippen LogP contribution in [-0.2, 0) is 0 Å². The van der Waals surface area contributed by atoms with E-state index in [2.05, 4.69) is 6.58 Å². The quantitative estimate of drug-likeness (QED) is 0.811. The summed E-state index contributed by atoms with van der Waals surface area (Å²) in [6, 6.07) is 1.94. The average Bonchev–Trinajstić information content (AvgIpc) is 2.13. The molecular formula is C10H12Cl2FNO. The molecule has 0 fully saturated rings. The molecule has 15 heavy (non-hydrogen) atoms. The highest BCUT2D eigenvalue weighted by Gasteiger charge is 2.16. The van der Waals surface area contributed by atoms with E-state index in [4.69, 9.17) is 17.3 Å². The molecule has 0 saturated carbocycles. The number of nitrogens with two attached hydrogens (primary N) is 1. The van der Waals surface area contributed by atoms with Crippen LogP contribution in [0, 0.1) is 5.82 Å². The molecule has 0 aliphatic carbocycles. The zero-order valence-corrected chi connectivity index (χ0v) is 9.48. The van der Waals surface area contributed by atoms with Gasteiger partial charge in [-0.1, -0.05) is 17.7 Å². The Hall–Kier alpha value is -0.770. The largest absolute Gasteiger partial charge is 0.505 e. The van der Waals surface area contributed by atoms with E-state index in [1.54, 1.807) is 6.08 Å². The van der Waals surface area contributed by atoms with Gasteiger partial charge in [0.2, 0.25) is 0 Å². The van der Waals surface area contributed by atoms with E-state index in [0.717, 1.165) is 6.07 Å². The van der Waals surface area contributed by atoms with Crippen LogP contribution in [0.15, 0.2) is 24.8 Å². The zero-order chi connectivity index (χ0) is 10.7. The van der Waals surface area contributed by atoms with E-state index in [9.17, 15) is 9.50 Å². The van der Waals surface area contributed by atoms with Crippen LogP contribution in [0.5, 0.6) is 5.75 Å². The fourth-order valence-electron chi connectivity index (χ4n) is 1.21. The minimum Gasteiger partial charge on any atom is -0.505 e. The first-order valence-electron chi connectivity index (χ1n) is 4.11. The first-order chi connectivity index (χ1) is 6.57.